The fraction of sp³-hybridized carbons (Fsp3) is 0.304. The van der Waals surface area contributed by atoms with Crippen LogP contribution in [0.25, 0.3) is 0 Å². The molecule has 2 aliphatic rings. The molecule has 0 bridgehead atoms. The number of carbonyl (C=O) groups is 1. The molecule has 9 heteroatoms. The Morgan fingerprint density at radius 2 is 1.75 bits per heavy atom. The molecule has 0 saturated heterocycles. The summed E-state index contributed by atoms with van der Waals surface area (Å²) in [6.07, 6.45) is -2.66. The average Bonchev–Trinajstić information content (AvgIpc) is 3.53. The molecule has 2 heterocycles. The van der Waals surface area contributed by atoms with E-state index in [9.17, 15) is 18.0 Å². The second-order valence-electron chi connectivity index (χ2n) is 8.13. The Labute approximate surface area is 182 Å². The lowest BCUT2D eigenvalue weighted by atomic mass is 10.0. The van der Waals surface area contributed by atoms with Crippen molar-refractivity contribution in [3.8, 4) is 11.5 Å². The highest BCUT2D eigenvalue weighted by atomic mass is 19.4. The van der Waals surface area contributed by atoms with Crippen molar-refractivity contribution in [2.75, 3.05) is 10.6 Å². The Balaban J connectivity index is 1.30. The molecule has 0 radical (unpaired) electrons. The minimum absolute atomic E-state index is 0.0668. The summed E-state index contributed by atoms with van der Waals surface area (Å²) >= 11 is 0. The zero-order valence-electron chi connectivity index (χ0n) is 17.0. The van der Waals surface area contributed by atoms with Crippen LogP contribution in [-0.2, 0) is 0 Å². The number of anilines is 2. The molecule has 3 aromatic rings. The summed E-state index contributed by atoms with van der Waals surface area (Å²) in [6, 6.07) is 15.4. The van der Waals surface area contributed by atoms with E-state index in [0.717, 1.165) is 17.5 Å². The lowest BCUT2D eigenvalue weighted by Gasteiger charge is -2.33. The van der Waals surface area contributed by atoms with E-state index in [1.165, 1.54) is 6.07 Å². The molecule has 2 aromatic carbocycles. The standard InChI is InChI=1S/C23H21F3N4O2/c24-23(25,26)20-12-18(14-6-7-14)28-21-13-19(29-30(20)21)22(31)27-15-8-10-17(11-9-15)32-16-4-2-1-3-5-16/h1-5,8-11,13-14,18,20,28H,6-7,12H2,(H,27,31). The average molecular weight is 442 g/mol. The fourth-order valence-electron chi connectivity index (χ4n) is 3.95. The molecule has 6 nitrogen and oxygen atoms in total. The summed E-state index contributed by atoms with van der Waals surface area (Å²) in [4.78, 5) is 12.7. The molecule has 2 unspecified atom stereocenters. The van der Waals surface area contributed by atoms with Crippen LogP contribution in [0.15, 0.2) is 60.7 Å². The SMILES string of the molecule is O=C(Nc1ccc(Oc2ccccc2)cc1)c1cc2n(n1)C(C(F)(F)F)CC(C1CC1)N2. The van der Waals surface area contributed by atoms with Gasteiger partial charge in [-0.05, 0) is 61.6 Å². The number of nitrogens with zero attached hydrogens (tertiary/aromatic N) is 2. The van der Waals surface area contributed by atoms with Gasteiger partial charge in [0.2, 0.25) is 0 Å². The first-order chi connectivity index (χ1) is 15.4. The number of aromatic nitrogens is 2. The van der Waals surface area contributed by atoms with Crippen molar-refractivity contribution in [1.82, 2.24) is 9.78 Å². The van der Waals surface area contributed by atoms with Crippen molar-refractivity contribution >= 4 is 17.4 Å². The molecule has 166 valence electrons. The van der Waals surface area contributed by atoms with E-state index in [0.29, 0.717) is 17.2 Å². The summed E-state index contributed by atoms with van der Waals surface area (Å²) in [5.74, 6) is 1.18. The number of nitrogens with one attached hydrogen (secondary N) is 2. The molecule has 1 aliphatic carbocycles. The quantitative estimate of drug-likeness (QED) is 0.538. The van der Waals surface area contributed by atoms with E-state index in [2.05, 4.69) is 15.7 Å². The van der Waals surface area contributed by atoms with Crippen molar-refractivity contribution in [3.63, 3.8) is 0 Å². The number of hydrogen-bond donors (Lipinski definition) is 2. The number of amides is 1. The first-order valence-corrected chi connectivity index (χ1v) is 10.4. The second kappa shape index (κ2) is 7.89. The van der Waals surface area contributed by atoms with E-state index in [1.54, 1.807) is 24.3 Å². The summed E-state index contributed by atoms with van der Waals surface area (Å²) < 4.78 is 47.5. The number of benzene rings is 2. The van der Waals surface area contributed by atoms with Crippen LogP contribution >= 0.6 is 0 Å². The van der Waals surface area contributed by atoms with E-state index >= 15 is 0 Å². The normalized spacial score (nSPS) is 20.2. The third-order valence-electron chi connectivity index (χ3n) is 5.73. The van der Waals surface area contributed by atoms with Gasteiger partial charge in [0.05, 0.1) is 0 Å². The topological polar surface area (TPSA) is 68.2 Å². The van der Waals surface area contributed by atoms with E-state index in [-0.39, 0.29) is 29.9 Å². The van der Waals surface area contributed by atoms with Crippen LogP contribution < -0.4 is 15.4 Å². The molecular weight excluding hydrogens is 421 g/mol. The number of rotatable bonds is 5. The van der Waals surface area contributed by atoms with Crippen molar-refractivity contribution in [2.24, 2.45) is 5.92 Å². The lowest BCUT2D eigenvalue weighted by molar-refractivity contribution is -0.174. The number of halogens is 3. The Kier molecular flexibility index (Phi) is 5.03. The Morgan fingerprint density at radius 1 is 1.06 bits per heavy atom. The van der Waals surface area contributed by atoms with Gasteiger partial charge >= 0.3 is 6.18 Å². The van der Waals surface area contributed by atoms with Crippen LogP contribution in [-0.4, -0.2) is 27.9 Å². The maximum atomic E-state index is 13.6. The minimum atomic E-state index is -4.43. The Bertz CT molecular complexity index is 1110. The number of fused-ring (bicyclic) bond motifs is 1. The van der Waals surface area contributed by atoms with Gasteiger partial charge in [-0.15, -0.1) is 0 Å². The molecule has 1 saturated carbocycles. The molecule has 32 heavy (non-hydrogen) atoms. The molecule has 1 fully saturated rings. The predicted octanol–water partition coefficient (Wildman–Crippen LogP) is 5.63. The fourth-order valence-corrected chi connectivity index (χ4v) is 3.95. The molecule has 0 spiro atoms. The van der Waals surface area contributed by atoms with Crippen molar-refractivity contribution < 1.29 is 22.7 Å². The van der Waals surface area contributed by atoms with Crippen LogP contribution in [0.1, 0.15) is 35.8 Å². The van der Waals surface area contributed by atoms with Gasteiger partial charge in [0.1, 0.15) is 17.3 Å². The lowest BCUT2D eigenvalue weighted by Crippen LogP contribution is -2.40. The number of carbonyl (C=O) groups excluding carboxylic acids is 1. The summed E-state index contributed by atoms with van der Waals surface area (Å²) in [5, 5.41) is 9.79. The van der Waals surface area contributed by atoms with Gasteiger partial charge in [0.15, 0.2) is 11.7 Å². The van der Waals surface area contributed by atoms with Gasteiger partial charge in [0, 0.05) is 17.8 Å². The van der Waals surface area contributed by atoms with Crippen LogP contribution in [0.5, 0.6) is 11.5 Å². The van der Waals surface area contributed by atoms with Crippen molar-refractivity contribution in [3.05, 3.63) is 66.4 Å². The molecule has 2 N–H and O–H groups in total. The molecule has 1 amide bonds. The maximum absolute atomic E-state index is 13.6. The molecule has 5 rings (SSSR count). The summed E-state index contributed by atoms with van der Waals surface area (Å²) in [6.45, 7) is 0. The predicted molar refractivity (Wildman–Crippen MR) is 113 cm³/mol. The van der Waals surface area contributed by atoms with Gasteiger partial charge in [0.25, 0.3) is 5.91 Å². The van der Waals surface area contributed by atoms with Gasteiger partial charge in [-0.25, -0.2) is 4.68 Å². The number of alkyl halides is 3. The van der Waals surface area contributed by atoms with Gasteiger partial charge < -0.3 is 15.4 Å². The van der Waals surface area contributed by atoms with Gasteiger partial charge in [-0.3, -0.25) is 4.79 Å². The van der Waals surface area contributed by atoms with E-state index in [1.807, 2.05) is 30.3 Å². The van der Waals surface area contributed by atoms with Crippen LogP contribution in [0.4, 0.5) is 24.7 Å². The second-order valence-corrected chi connectivity index (χ2v) is 8.13. The van der Waals surface area contributed by atoms with Gasteiger partial charge in [-0.1, -0.05) is 18.2 Å². The van der Waals surface area contributed by atoms with Crippen molar-refractivity contribution in [2.45, 2.75) is 37.5 Å². The number of hydrogen-bond acceptors (Lipinski definition) is 4. The van der Waals surface area contributed by atoms with Crippen LogP contribution in [0, 0.1) is 5.92 Å². The maximum Gasteiger partial charge on any atom is 0.410 e. The van der Waals surface area contributed by atoms with Crippen molar-refractivity contribution in [1.29, 1.82) is 0 Å². The van der Waals surface area contributed by atoms with E-state index in [4.69, 9.17) is 4.74 Å². The first kappa shape index (κ1) is 20.4. The van der Waals surface area contributed by atoms with Crippen LogP contribution in [0.2, 0.25) is 0 Å². The number of para-hydroxylation sites is 1. The zero-order valence-corrected chi connectivity index (χ0v) is 17.0. The van der Waals surface area contributed by atoms with Gasteiger partial charge in [-0.2, -0.15) is 18.3 Å². The number of ether oxygens (including phenoxy) is 1. The largest absolute Gasteiger partial charge is 0.457 e. The third kappa shape index (κ3) is 4.28. The minimum Gasteiger partial charge on any atom is -0.457 e. The van der Waals surface area contributed by atoms with Crippen LogP contribution in [0.3, 0.4) is 0 Å². The molecule has 2 atom stereocenters. The smallest absolute Gasteiger partial charge is 0.410 e. The Hall–Kier alpha value is -3.49. The summed E-state index contributed by atoms with van der Waals surface area (Å²) in [5.41, 5.74) is 0.417. The highest BCUT2D eigenvalue weighted by molar-refractivity contribution is 6.03. The highest BCUT2D eigenvalue weighted by Crippen LogP contribution is 2.45. The molecule has 1 aliphatic heterocycles. The van der Waals surface area contributed by atoms with E-state index < -0.39 is 18.1 Å². The monoisotopic (exact) mass is 442 g/mol. The summed E-state index contributed by atoms with van der Waals surface area (Å²) in [7, 11) is 0. The molecular formula is C23H21F3N4O2. The highest BCUT2D eigenvalue weighted by Gasteiger charge is 2.49. The Morgan fingerprint density at radius 3 is 2.41 bits per heavy atom. The molecule has 1 aromatic heterocycles. The zero-order chi connectivity index (χ0) is 22.3. The third-order valence-corrected chi connectivity index (χ3v) is 5.73. The first-order valence-electron chi connectivity index (χ1n) is 10.4.